The van der Waals surface area contributed by atoms with Gasteiger partial charge in [0.1, 0.15) is 5.82 Å². The molecule has 1 aromatic heterocycles. The van der Waals surface area contributed by atoms with E-state index >= 15 is 0 Å². The highest BCUT2D eigenvalue weighted by molar-refractivity contribution is 5.95. The molecule has 0 bridgehead atoms. The molecule has 0 spiro atoms. The number of benzene rings is 3. The monoisotopic (exact) mass is 430 g/mol. The maximum Gasteiger partial charge on any atom is 0.269 e. The van der Waals surface area contributed by atoms with Crippen LogP contribution in [0, 0.1) is 5.82 Å². The van der Waals surface area contributed by atoms with Crippen molar-refractivity contribution < 1.29 is 14.0 Å². The van der Waals surface area contributed by atoms with Crippen LogP contribution in [0.2, 0.25) is 0 Å². The van der Waals surface area contributed by atoms with Crippen molar-refractivity contribution >= 4 is 11.8 Å². The number of hydrogen-bond acceptors (Lipinski definition) is 5. The zero-order chi connectivity index (χ0) is 22.3. The highest BCUT2D eigenvalue weighted by Gasteiger charge is 2.10. The van der Waals surface area contributed by atoms with Crippen molar-refractivity contribution in [2.75, 3.05) is 0 Å². The molecule has 8 nitrogen and oxygen atoms in total. The summed E-state index contributed by atoms with van der Waals surface area (Å²) in [6.45, 7) is 0.399. The van der Waals surface area contributed by atoms with Crippen LogP contribution in [0.1, 0.15) is 21.5 Å². The molecule has 4 aromatic rings. The molecule has 9 heteroatoms. The van der Waals surface area contributed by atoms with E-state index in [1.54, 1.807) is 24.3 Å². The number of nitrogens with one attached hydrogen (secondary N) is 2. The van der Waals surface area contributed by atoms with E-state index in [-0.39, 0.29) is 12.2 Å². The third kappa shape index (κ3) is 5.39. The van der Waals surface area contributed by atoms with Gasteiger partial charge >= 0.3 is 0 Å². The molecule has 0 aliphatic heterocycles. The topological polar surface area (TPSA) is 102 Å². The first kappa shape index (κ1) is 20.9. The molecule has 0 fully saturated rings. The molecule has 0 saturated heterocycles. The van der Waals surface area contributed by atoms with Crippen molar-refractivity contribution in [3.63, 3.8) is 0 Å². The normalized spacial score (nSPS) is 10.5. The second kappa shape index (κ2) is 9.61. The lowest BCUT2D eigenvalue weighted by molar-refractivity contribution is -0.121. The van der Waals surface area contributed by atoms with Gasteiger partial charge in [-0.3, -0.25) is 20.4 Å². The lowest BCUT2D eigenvalue weighted by Crippen LogP contribution is -2.42. The predicted molar refractivity (Wildman–Crippen MR) is 115 cm³/mol. The third-order valence-electron chi connectivity index (χ3n) is 4.62. The molecule has 3 aromatic carbocycles. The van der Waals surface area contributed by atoms with Gasteiger partial charge in [-0.25, -0.2) is 4.39 Å². The van der Waals surface area contributed by atoms with E-state index in [4.69, 9.17) is 0 Å². The summed E-state index contributed by atoms with van der Waals surface area (Å²) in [5.74, 6) is -0.692. The fraction of sp³-hybridized carbons (Fsp3) is 0.0870. The minimum Gasteiger partial charge on any atom is -0.273 e. The van der Waals surface area contributed by atoms with Gasteiger partial charge in [0.2, 0.25) is 11.7 Å². The summed E-state index contributed by atoms with van der Waals surface area (Å²) in [7, 11) is 0. The Labute approximate surface area is 183 Å². The van der Waals surface area contributed by atoms with Crippen LogP contribution in [0.5, 0.6) is 0 Å². The summed E-state index contributed by atoms with van der Waals surface area (Å²) < 4.78 is 12.9. The van der Waals surface area contributed by atoms with E-state index in [1.807, 2.05) is 30.3 Å². The molecule has 0 unspecified atom stereocenters. The van der Waals surface area contributed by atoms with Crippen LogP contribution in [-0.4, -0.2) is 32.0 Å². The van der Waals surface area contributed by atoms with E-state index in [2.05, 4.69) is 26.3 Å². The number of rotatable bonds is 6. The lowest BCUT2D eigenvalue weighted by atomic mass is 10.1. The Kier molecular flexibility index (Phi) is 6.26. The summed E-state index contributed by atoms with van der Waals surface area (Å²) in [5.41, 5.74) is 7.51. The maximum atomic E-state index is 12.9. The third-order valence-corrected chi connectivity index (χ3v) is 4.62. The Morgan fingerprint density at radius 2 is 1.53 bits per heavy atom. The average Bonchev–Trinajstić information content (AvgIpc) is 3.28. The number of amides is 2. The zero-order valence-electron chi connectivity index (χ0n) is 16.9. The molecule has 0 aliphatic carbocycles. The van der Waals surface area contributed by atoms with Gasteiger partial charge < -0.3 is 0 Å². The Hall–Kier alpha value is -4.40. The minimum atomic E-state index is -0.450. The van der Waals surface area contributed by atoms with Crippen molar-refractivity contribution in [2.24, 2.45) is 0 Å². The predicted octanol–water partition coefficient (Wildman–Crippen LogP) is 2.53. The van der Waals surface area contributed by atoms with Crippen molar-refractivity contribution in [1.29, 1.82) is 0 Å². The van der Waals surface area contributed by atoms with E-state index < -0.39 is 11.8 Å². The van der Waals surface area contributed by atoms with Gasteiger partial charge in [0.15, 0.2) is 0 Å². The van der Waals surface area contributed by atoms with Gasteiger partial charge in [0, 0.05) is 11.1 Å². The quantitative estimate of drug-likeness (QED) is 0.458. The fourth-order valence-corrected chi connectivity index (χ4v) is 2.97. The molecule has 0 aliphatic rings. The number of carbonyl (C=O) groups excluding carboxylic acids is 2. The van der Waals surface area contributed by atoms with E-state index in [1.165, 1.54) is 29.1 Å². The Morgan fingerprint density at radius 1 is 0.844 bits per heavy atom. The zero-order valence-corrected chi connectivity index (χ0v) is 16.9. The van der Waals surface area contributed by atoms with Crippen LogP contribution >= 0.6 is 0 Å². The first-order valence-electron chi connectivity index (χ1n) is 9.82. The molecule has 0 radical (unpaired) electrons. The maximum absolute atomic E-state index is 12.9. The van der Waals surface area contributed by atoms with Crippen LogP contribution < -0.4 is 10.9 Å². The number of hydrazine groups is 1. The molecular weight excluding hydrogens is 411 g/mol. The molecule has 4 rings (SSSR count). The Morgan fingerprint density at radius 3 is 2.25 bits per heavy atom. The minimum absolute atomic E-state index is 0.0232. The lowest BCUT2D eigenvalue weighted by Gasteiger charge is -2.08. The molecule has 2 N–H and O–H groups in total. The van der Waals surface area contributed by atoms with Crippen LogP contribution in [0.25, 0.3) is 11.4 Å². The fourth-order valence-electron chi connectivity index (χ4n) is 2.97. The van der Waals surface area contributed by atoms with Crippen molar-refractivity contribution in [2.45, 2.75) is 13.0 Å². The summed E-state index contributed by atoms with van der Waals surface area (Å²) in [6, 6.07) is 22.0. The molecule has 1 heterocycles. The molecule has 160 valence electrons. The van der Waals surface area contributed by atoms with Crippen molar-refractivity contribution in [1.82, 2.24) is 31.1 Å². The molecule has 0 saturated carbocycles. The largest absolute Gasteiger partial charge is 0.273 e. The summed E-state index contributed by atoms with van der Waals surface area (Å²) in [5, 5.41) is 12.5. The summed E-state index contributed by atoms with van der Waals surface area (Å²) in [4.78, 5) is 25.7. The Balaban J connectivity index is 1.29. The number of halogens is 1. The number of tetrazole rings is 1. The van der Waals surface area contributed by atoms with Gasteiger partial charge in [-0.15, -0.1) is 10.2 Å². The number of aromatic nitrogens is 4. The highest BCUT2D eigenvalue weighted by Crippen LogP contribution is 2.12. The summed E-state index contributed by atoms with van der Waals surface area (Å²) >= 11 is 0. The van der Waals surface area contributed by atoms with Crippen LogP contribution in [0.15, 0.2) is 78.9 Å². The van der Waals surface area contributed by atoms with Gasteiger partial charge in [0.05, 0.1) is 13.0 Å². The second-order valence-corrected chi connectivity index (χ2v) is 7.01. The first-order valence-corrected chi connectivity index (χ1v) is 9.82. The standard InChI is InChI=1S/C23H19FN6O2/c24-20-12-8-16(9-13-20)14-21(31)25-27-23(32)19-10-6-17(7-11-19)15-30-28-22(26-29-30)18-4-2-1-3-5-18/h1-13H,14-15H2,(H,25,31)(H,27,32). The molecule has 0 atom stereocenters. The van der Waals surface area contributed by atoms with Gasteiger partial charge in [-0.05, 0) is 40.6 Å². The Bertz CT molecular complexity index is 1210. The van der Waals surface area contributed by atoms with Gasteiger partial charge in [0.25, 0.3) is 5.91 Å². The van der Waals surface area contributed by atoms with Crippen LogP contribution in [-0.2, 0) is 17.8 Å². The average molecular weight is 430 g/mol. The van der Waals surface area contributed by atoms with Crippen LogP contribution in [0.4, 0.5) is 4.39 Å². The molecule has 2 amide bonds. The van der Waals surface area contributed by atoms with Crippen molar-refractivity contribution in [3.05, 3.63) is 101 Å². The SMILES string of the molecule is O=C(Cc1ccc(F)cc1)NNC(=O)c1ccc(Cn2nnc(-c3ccccc3)n2)cc1. The summed E-state index contributed by atoms with van der Waals surface area (Å²) in [6.07, 6.45) is 0.0232. The number of carbonyl (C=O) groups is 2. The van der Waals surface area contributed by atoms with Crippen LogP contribution in [0.3, 0.4) is 0 Å². The van der Waals surface area contributed by atoms with Gasteiger partial charge in [-0.1, -0.05) is 54.6 Å². The van der Waals surface area contributed by atoms with E-state index in [0.717, 1.165) is 11.1 Å². The smallest absolute Gasteiger partial charge is 0.269 e. The van der Waals surface area contributed by atoms with Crippen molar-refractivity contribution in [3.8, 4) is 11.4 Å². The first-order chi connectivity index (χ1) is 15.6. The van der Waals surface area contributed by atoms with E-state index in [0.29, 0.717) is 23.5 Å². The number of nitrogens with zero attached hydrogens (tertiary/aromatic N) is 4. The molecule has 32 heavy (non-hydrogen) atoms. The number of hydrogen-bond donors (Lipinski definition) is 2. The van der Waals surface area contributed by atoms with Gasteiger partial charge in [-0.2, -0.15) is 4.80 Å². The highest BCUT2D eigenvalue weighted by atomic mass is 19.1. The second-order valence-electron chi connectivity index (χ2n) is 7.01. The molecular formula is C23H19FN6O2. The van der Waals surface area contributed by atoms with E-state index in [9.17, 15) is 14.0 Å².